The molecule has 0 amide bonds. The third-order valence-corrected chi connectivity index (χ3v) is 7.83. The number of allylic oxidation sites excluding steroid dienone is 1. The maximum atomic E-state index is 13.7. The summed E-state index contributed by atoms with van der Waals surface area (Å²) in [4.78, 5) is 31.6. The number of carbonyl (C=O) groups is 1. The minimum Gasteiger partial charge on any atom is -0.496 e. The highest BCUT2D eigenvalue weighted by molar-refractivity contribution is 9.11. The summed E-state index contributed by atoms with van der Waals surface area (Å²) in [6, 6.07) is 7.94. The first-order chi connectivity index (χ1) is 16.7. The van der Waals surface area contributed by atoms with Gasteiger partial charge in [0.15, 0.2) is 4.80 Å². The highest BCUT2D eigenvalue weighted by atomic mass is 79.9. The third kappa shape index (κ3) is 4.72. The fraction of sp³-hybridized carbons (Fsp3) is 0.208. The lowest BCUT2D eigenvalue weighted by atomic mass is 9.95. The van der Waals surface area contributed by atoms with E-state index in [4.69, 9.17) is 25.8 Å². The van der Waals surface area contributed by atoms with Crippen molar-refractivity contribution in [3.05, 3.63) is 86.4 Å². The molecule has 11 heteroatoms. The number of aromatic nitrogens is 1. The number of benzene rings is 2. The van der Waals surface area contributed by atoms with E-state index >= 15 is 0 Å². The number of rotatable bonds is 5. The summed E-state index contributed by atoms with van der Waals surface area (Å²) in [6.07, 6.45) is 1.77. The number of ether oxygens (including phenoxy) is 3. The van der Waals surface area contributed by atoms with Crippen molar-refractivity contribution >= 4 is 66.8 Å². The molecule has 0 spiro atoms. The first-order valence-corrected chi connectivity index (χ1v) is 13.0. The van der Waals surface area contributed by atoms with Crippen LogP contribution in [0.1, 0.15) is 24.1 Å². The normalized spacial score (nSPS) is 15.5. The molecule has 0 saturated heterocycles. The molecule has 7 nitrogen and oxygen atoms in total. The molecule has 0 unspecified atom stereocenters. The number of halogens is 3. The summed E-state index contributed by atoms with van der Waals surface area (Å²) in [5.41, 5.74) is 1.71. The fourth-order valence-electron chi connectivity index (χ4n) is 3.91. The Labute approximate surface area is 226 Å². The summed E-state index contributed by atoms with van der Waals surface area (Å²) >= 11 is 14.5. The van der Waals surface area contributed by atoms with Crippen LogP contribution in [0.4, 0.5) is 0 Å². The lowest BCUT2D eigenvalue weighted by Gasteiger charge is -2.25. The van der Waals surface area contributed by atoms with Crippen molar-refractivity contribution < 1.29 is 19.0 Å². The summed E-state index contributed by atoms with van der Waals surface area (Å²) in [6.45, 7) is 1.71. The van der Waals surface area contributed by atoms with Gasteiger partial charge in [0.2, 0.25) is 0 Å². The number of fused-ring (bicyclic) bond motifs is 1. The molecule has 1 atom stereocenters. The van der Waals surface area contributed by atoms with Crippen molar-refractivity contribution in [2.75, 3.05) is 21.3 Å². The number of carbonyl (C=O) groups excluding carboxylic acids is 1. The van der Waals surface area contributed by atoms with Gasteiger partial charge in [-0.15, -0.1) is 0 Å². The molecule has 1 aromatic heterocycles. The van der Waals surface area contributed by atoms with Crippen LogP contribution in [0.15, 0.2) is 60.3 Å². The summed E-state index contributed by atoms with van der Waals surface area (Å²) < 4.78 is 19.4. The zero-order valence-corrected chi connectivity index (χ0v) is 23.8. The molecule has 3 aromatic rings. The number of thiazole rings is 1. The molecule has 0 saturated carbocycles. The van der Waals surface area contributed by atoms with Gasteiger partial charge >= 0.3 is 5.97 Å². The lowest BCUT2D eigenvalue weighted by Crippen LogP contribution is -2.40. The van der Waals surface area contributed by atoms with Crippen molar-refractivity contribution in [1.82, 2.24) is 4.57 Å². The molecule has 0 fully saturated rings. The predicted molar refractivity (Wildman–Crippen MR) is 142 cm³/mol. The Kier molecular flexibility index (Phi) is 7.56. The van der Waals surface area contributed by atoms with Crippen LogP contribution in [-0.2, 0) is 9.53 Å². The molecular weight excluding hydrogens is 624 g/mol. The van der Waals surface area contributed by atoms with Gasteiger partial charge in [-0.3, -0.25) is 9.36 Å². The van der Waals surface area contributed by atoms with E-state index in [1.54, 1.807) is 38.3 Å². The van der Waals surface area contributed by atoms with Gasteiger partial charge < -0.3 is 14.2 Å². The van der Waals surface area contributed by atoms with Crippen LogP contribution in [0.5, 0.6) is 11.5 Å². The third-order valence-electron chi connectivity index (χ3n) is 5.44. The monoisotopic (exact) mass is 640 g/mol. The number of hydrogen-bond donors (Lipinski definition) is 0. The summed E-state index contributed by atoms with van der Waals surface area (Å²) in [7, 11) is 4.39. The van der Waals surface area contributed by atoms with E-state index in [1.807, 2.05) is 12.1 Å². The Morgan fingerprint density at radius 1 is 1.14 bits per heavy atom. The quantitative estimate of drug-likeness (QED) is 0.381. The van der Waals surface area contributed by atoms with Crippen molar-refractivity contribution in [1.29, 1.82) is 0 Å². The average Bonchev–Trinajstić information content (AvgIpc) is 3.11. The summed E-state index contributed by atoms with van der Waals surface area (Å²) in [5, 5.41) is 0.440. The molecule has 2 aromatic carbocycles. The molecule has 0 bridgehead atoms. The molecular formula is C24H19Br2ClN2O5S. The SMILES string of the molecule is COC(=O)C1=C(C)N=c2s/c(=C\c3cc(Br)c(OC)c(Br)c3)c(=O)n2[C@H]1c1cc(Cl)ccc1OC. The molecule has 1 aliphatic heterocycles. The Bertz CT molecular complexity index is 1540. The maximum Gasteiger partial charge on any atom is 0.338 e. The molecule has 1 aliphatic rings. The van der Waals surface area contributed by atoms with E-state index in [1.165, 1.54) is 30.1 Å². The Balaban J connectivity index is 2.01. The first-order valence-electron chi connectivity index (χ1n) is 10.2. The maximum absolute atomic E-state index is 13.7. The number of nitrogens with zero attached hydrogens (tertiary/aromatic N) is 2. The molecule has 35 heavy (non-hydrogen) atoms. The minimum absolute atomic E-state index is 0.238. The van der Waals surface area contributed by atoms with Crippen LogP contribution < -0.4 is 24.4 Å². The van der Waals surface area contributed by atoms with E-state index in [0.29, 0.717) is 37.1 Å². The zero-order valence-electron chi connectivity index (χ0n) is 19.0. The van der Waals surface area contributed by atoms with E-state index in [9.17, 15) is 9.59 Å². The lowest BCUT2D eigenvalue weighted by molar-refractivity contribution is -0.136. The van der Waals surface area contributed by atoms with Crippen molar-refractivity contribution in [2.45, 2.75) is 13.0 Å². The average molecular weight is 643 g/mol. The molecule has 2 heterocycles. The standard InChI is InChI=1S/C24H19Br2ClN2O5S/c1-11-19(23(31)34-4)20(14-10-13(27)5-6-17(14)32-2)29-22(30)18(35-24(29)28-11)9-12-7-15(25)21(33-3)16(26)8-12/h5-10,20H,1-4H3/b18-9-/t20-/m0/s1. The van der Waals surface area contributed by atoms with Gasteiger partial charge in [-0.2, -0.15) is 0 Å². The summed E-state index contributed by atoms with van der Waals surface area (Å²) in [5.74, 6) is 0.540. The molecule has 182 valence electrons. The fourth-order valence-corrected chi connectivity index (χ4v) is 6.69. The van der Waals surface area contributed by atoms with Crippen molar-refractivity contribution in [2.24, 2.45) is 4.99 Å². The van der Waals surface area contributed by atoms with Gasteiger partial charge in [0.05, 0.1) is 46.1 Å². The molecule has 0 N–H and O–H groups in total. The number of methoxy groups -OCH3 is 3. The first kappa shape index (κ1) is 25.7. The second-order valence-electron chi connectivity index (χ2n) is 7.48. The smallest absolute Gasteiger partial charge is 0.338 e. The van der Waals surface area contributed by atoms with Gasteiger partial charge in [0, 0.05) is 10.6 Å². The topological polar surface area (TPSA) is 79.1 Å². The second kappa shape index (κ2) is 10.3. The van der Waals surface area contributed by atoms with Gasteiger partial charge in [-0.1, -0.05) is 22.9 Å². The van der Waals surface area contributed by atoms with E-state index in [-0.39, 0.29) is 11.1 Å². The van der Waals surface area contributed by atoms with E-state index < -0.39 is 12.0 Å². The van der Waals surface area contributed by atoms with Gasteiger partial charge in [-0.25, -0.2) is 9.79 Å². The van der Waals surface area contributed by atoms with Crippen molar-refractivity contribution in [3.8, 4) is 11.5 Å². The molecule has 0 radical (unpaired) electrons. The zero-order chi connectivity index (χ0) is 25.4. The largest absolute Gasteiger partial charge is 0.496 e. The van der Waals surface area contributed by atoms with Crippen LogP contribution >= 0.6 is 54.8 Å². The van der Waals surface area contributed by atoms with Crippen LogP contribution in [0.2, 0.25) is 5.02 Å². The Morgan fingerprint density at radius 3 is 2.43 bits per heavy atom. The number of esters is 1. The van der Waals surface area contributed by atoms with Crippen LogP contribution in [-0.4, -0.2) is 31.9 Å². The Hall–Kier alpha value is -2.40. The minimum atomic E-state index is -0.830. The van der Waals surface area contributed by atoms with Gasteiger partial charge in [-0.05, 0) is 80.8 Å². The van der Waals surface area contributed by atoms with E-state index in [0.717, 1.165) is 14.5 Å². The van der Waals surface area contributed by atoms with Crippen molar-refractivity contribution in [3.63, 3.8) is 0 Å². The highest BCUT2D eigenvalue weighted by Crippen LogP contribution is 2.37. The van der Waals surface area contributed by atoms with Crippen LogP contribution in [0, 0.1) is 0 Å². The predicted octanol–water partition coefficient (Wildman–Crippen LogP) is 4.60. The van der Waals surface area contributed by atoms with Gasteiger partial charge in [0.25, 0.3) is 5.56 Å². The van der Waals surface area contributed by atoms with Gasteiger partial charge in [0.1, 0.15) is 17.5 Å². The second-order valence-corrected chi connectivity index (χ2v) is 10.6. The molecule has 0 aliphatic carbocycles. The van der Waals surface area contributed by atoms with Crippen LogP contribution in [0.3, 0.4) is 0 Å². The number of hydrogen-bond acceptors (Lipinski definition) is 7. The molecule has 4 rings (SSSR count). The van der Waals surface area contributed by atoms with Crippen LogP contribution in [0.25, 0.3) is 6.08 Å². The van der Waals surface area contributed by atoms with E-state index in [2.05, 4.69) is 36.9 Å². The highest BCUT2D eigenvalue weighted by Gasteiger charge is 2.35. The Morgan fingerprint density at radius 2 is 1.83 bits per heavy atom.